The van der Waals surface area contributed by atoms with Crippen molar-refractivity contribution in [3.05, 3.63) is 94.3 Å². The van der Waals surface area contributed by atoms with E-state index in [1.54, 1.807) is 6.07 Å². The van der Waals surface area contributed by atoms with Crippen LogP contribution in [-0.2, 0) is 0 Å². The summed E-state index contributed by atoms with van der Waals surface area (Å²) in [6.45, 7) is 7.85. The van der Waals surface area contributed by atoms with Gasteiger partial charge >= 0.3 is 0 Å². The van der Waals surface area contributed by atoms with Crippen LogP contribution in [0.3, 0.4) is 0 Å². The molecule has 0 bridgehead atoms. The van der Waals surface area contributed by atoms with Crippen molar-refractivity contribution in [1.29, 1.82) is 0 Å². The fourth-order valence-electron chi connectivity index (χ4n) is 3.36. The zero-order valence-electron chi connectivity index (χ0n) is 17.1. The van der Waals surface area contributed by atoms with Crippen LogP contribution in [0.5, 0.6) is 0 Å². The van der Waals surface area contributed by atoms with E-state index in [0.717, 1.165) is 27.9 Å². The van der Waals surface area contributed by atoms with Gasteiger partial charge in [0, 0.05) is 17.4 Å². The van der Waals surface area contributed by atoms with Crippen LogP contribution in [0.4, 0.5) is 5.69 Å². The van der Waals surface area contributed by atoms with E-state index in [1.165, 1.54) is 12.3 Å². The van der Waals surface area contributed by atoms with Crippen molar-refractivity contribution in [2.75, 3.05) is 5.32 Å². The van der Waals surface area contributed by atoms with E-state index in [4.69, 9.17) is 0 Å². The minimum atomic E-state index is -0.342. The number of nitrogens with zero attached hydrogens (tertiary/aromatic N) is 1. The number of hydrogen-bond donors (Lipinski definition) is 2. The summed E-state index contributed by atoms with van der Waals surface area (Å²) in [6.07, 6.45) is 1.48. The monoisotopic (exact) mass is 387 g/mol. The zero-order valence-corrected chi connectivity index (χ0v) is 17.1. The molecule has 2 aromatic carbocycles. The summed E-state index contributed by atoms with van der Waals surface area (Å²) in [6, 6.07) is 16.7. The summed E-state index contributed by atoms with van der Waals surface area (Å²) < 4.78 is 0. The minimum Gasteiger partial charge on any atom is -0.346 e. The largest absolute Gasteiger partial charge is 0.346 e. The van der Waals surface area contributed by atoms with Crippen LogP contribution in [0.25, 0.3) is 0 Å². The highest BCUT2D eigenvalue weighted by Crippen LogP contribution is 2.22. The second kappa shape index (κ2) is 8.69. The van der Waals surface area contributed by atoms with Crippen molar-refractivity contribution in [1.82, 2.24) is 10.3 Å². The number of pyridine rings is 1. The first kappa shape index (κ1) is 20.3. The van der Waals surface area contributed by atoms with Gasteiger partial charge in [0.1, 0.15) is 5.69 Å². The quantitative estimate of drug-likeness (QED) is 0.664. The molecule has 0 saturated carbocycles. The Morgan fingerprint density at radius 3 is 2.21 bits per heavy atom. The highest BCUT2D eigenvalue weighted by molar-refractivity contribution is 6.05. The topological polar surface area (TPSA) is 71.1 Å². The molecule has 0 aliphatic heterocycles. The fraction of sp³-hybridized carbons (Fsp3) is 0.208. The van der Waals surface area contributed by atoms with Gasteiger partial charge in [-0.2, -0.15) is 0 Å². The second-order valence-corrected chi connectivity index (χ2v) is 7.26. The molecule has 2 N–H and O–H groups in total. The van der Waals surface area contributed by atoms with Gasteiger partial charge in [-0.15, -0.1) is 0 Å². The number of amides is 2. The molecule has 148 valence electrons. The molecule has 0 fully saturated rings. The Hall–Kier alpha value is -3.47. The van der Waals surface area contributed by atoms with Gasteiger partial charge in [-0.3, -0.25) is 14.6 Å². The molecule has 3 rings (SSSR count). The number of aromatic nitrogens is 1. The smallest absolute Gasteiger partial charge is 0.274 e. The molecule has 0 radical (unpaired) electrons. The van der Waals surface area contributed by atoms with Gasteiger partial charge in [-0.25, -0.2) is 0 Å². The highest BCUT2D eigenvalue weighted by Gasteiger charge is 2.16. The number of carbonyl (C=O) groups is 2. The van der Waals surface area contributed by atoms with E-state index in [1.807, 2.05) is 70.2 Å². The molecule has 1 unspecified atom stereocenters. The summed E-state index contributed by atoms with van der Waals surface area (Å²) in [5, 5.41) is 5.88. The molecule has 5 heteroatoms. The molecule has 5 nitrogen and oxygen atoms in total. The Balaban J connectivity index is 1.75. The average molecular weight is 387 g/mol. The SMILES string of the molecule is Cc1cc(C)c(NC(=O)c2cc(C(=O)NC(C)c3ccccc3)ccn2)c(C)c1. The van der Waals surface area contributed by atoms with E-state index in [9.17, 15) is 9.59 Å². The summed E-state index contributed by atoms with van der Waals surface area (Å²) in [7, 11) is 0. The lowest BCUT2D eigenvalue weighted by molar-refractivity contribution is 0.0939. The average Bonchev–Trinajstić information content (AvgIpc) is 2.71. The Kier molecular flexibility index (Phi) is 6.07. The van der Waals surface area contributed by atoms with Gasteiger partial charge in [0.25, 0.3) is 11.8 Å². The van der Waals surface area contributed by atoms with Crippen LogP contribution in [-0.4, -0.2) is 16.8 Å². The Morgan fingerprint density at radius 2 is 1.55 bits per heavy atom. The van der Waals surface area contributed by atoms with Crippen LogP contribution in [0.1, 0.15) is 56.1 Å². The Bertz CT molecular complexity index is 1020. The predicted molar refractivity (Wildman–Crippen MR) is 115 cm³/mol. The normalized spacial score (nSPS) is 11.6. The maximum atomic E-state index is 12.7. The van der Waals surface area contributed by atoms with Crippen LogP contribution < -0.4 is 10.6 Å². The second-order valence-electron chi connectivity index (χ2n) is 7.26. The molecular formula is C24H25N3O2. The molecule has 2 amide bonds. The molecule has 0 saturated heterocycles. The van der Waals surface area contributed by atoms with Crippen molar-refractivity contribution in [3.63, 3.8) is 0 Å². The van der Waals surface area contributed by atoms with Crippen LogP contribution in [0, 0.1) is 20.8 Å². The first-order chi connectivity index (χ1) is 13.8. The van der Waals surface area contributed by atoms with E-state index < -0.39 is 0 Å². The van der Waals surface area contributed by atoms with Gasteiger partial charge < -0.3 is 10.6 Å². The summed E-state index contributed by atoms with van der Waals surface area (Å²) in [5.41, 5.74) is 5.49. The maximum Gasteiger partial charge on any atom is 0.274 e. The van der Waals surface area contributed by atoms with Crippen molar-refractivity contribution >= 4 is 17.5 Å². The van der Waals surface area contributed by atoms with Gasteiger partial charge in [0.15, 0.2) is 0 Å². The minimum absolute atomic E-state index is 0.146. The standard InChI is InChI=1S/C24H25N3O2/c1-15-12-16(2)22(17(3)13-15)27-24(29)21-14-20(10-11-25-21)23(28)26-18(4)19-8-6-5-7-9-19/h5-14,18H,1-4H3,(H,26,28)(H,27,29). The lowest BCUT2D eigenvalue weighted by Gasteiger charge is -2.15. The van der Waals surface area contributed by atoms with Gasteiger partial charge in [-0.05, 0) is 56.5 Å². The molecule has 0 spiro atoms. The van der Waals surface area contributed by atoms with E-state index in [2.05, 4.69) is 15.6 Å². The summed E-state index contributed by atoms with van der Waals surface area (Å²) in [4.78, 5) is 29.5. The maximum absolute atomic E-state index is 12.7. The lowest BCUT2D eigenvalue weighted by atomic mass is 10.0. The number of nitrogens with one attached hydrogen (secondary N) is 2. The number of benzene rings is 2. The zero-order chi connectivity index (χ0) is 21.0. The van der Waals surface area contributed by atoms with Crippen molar-refractivity contribution in [2.24, 2.45) is 0 Å². The van der Waals surface area contributed by atoms with Gasteiger partial charge in [0.2, 0.25) is 0 Å². The number of hydrogen-bond acceptors (Lipinski definition) is 3. The predicted octanol–water partition coefficient (Wildman–Crippen LogP) is 4.75. The molecule has 1 aromatic heterocycles. The van der Waals surface area contributed by atoms with Crippen LogP contribution >= 0.6 is 0 Å². The molecular weight excluding hydrogens is 362 g/mol. The molecule has 1 heterocycles. The first-order valence-electron chi connectivity index (χ1n) is 9.56. The van der Waals surface area contributed by atoms with Crippen molar-refractivity contribution < 1.29 is 9.59 Å². The molecule has 29 heavy (non-hydrogen) atoms. The number of carbonyl (C=O) groups excluding carboxylic acids is 2. The van der Waals surface area contributed by atoms with Crippen molar-refractivity contribution in [3.8, 4) is 0 Å². The van der Waals surface area contributed by atoms with E-state index >= 15 is 0 Å². The Morgan fingerprint density at radius 1 is 0.897 bits per heavy atom. The van der Waals surface area contributed by atoms with Gasteiger partial charge in [-0.1, -0.05) is 48.0 Å². The van der Waals surface area contributed by atoms with E-state index in [-0.39, 0.29) is 23.6 Å². The molecule has 0 aliphatic carbocycles. The first-order valence-corrected chi connectivity index (χ1v) is 9.56. The van der Waals surface area contributed by atoms with E-state index in [0.29, 0.717) is 5.56 Å². The number of aryl methyl sites for hydroxylation is 3. The van der Waals surface area contributed by atoms with Crippen LogP contribution in [0.2, 0.25) is 0 Å². The molecule has 0 aliphatic rings. The van der Waals surface area contributed by atoms with Crippen molar-refractivity contribution in [2.45, 2.75) is 33.7 Å². The highest BCUT2D eigenvalue weighted by atomic mass is 16.2. The third kappa shape index (κ3) is 4.88. The lowest BCUT2D eigenvalue weighted by Crippen LogP contribution is -2.27. The third-order valence-corrected chi connectivity index (χ3v) is 4.82. The van der Waals surface area contributed by atoms with Gasteiger partial charge in [0.05, 0.1) is 6.04 Å². The third-order valence-electron chi connectivity index (χ3n) is 4.82. The number of anilines is 1. The summed E-state index contributed by atoms with van der Waals surface area (Å²) >= 11 is 0. The Labute approximate surface area is 171 Å². The summed E-state index contributed by atoms with van der Waals surface area (Å²) in [5.74, 6) is -0.591. The van der Waals surface area contributed by atoms with Crippen LogP contribution in [0.15, 0.2) is 60.8 Å². The fourth-order valence-corrected chi connectivity index (χ4v) is 3.36. The molecule has 3 aromatic rings. The number of rotatable bonds is 5. The molecule has 1 atom stereocenters.